The molecular formula is C12H21BrN4. The van der Waals surface area contributed by atoms with E-state index in [0.717, 1.165) is 35.5 Å². The van der Waals surface area contributed by atoms with Crippen LogP contribution in [0, 0.1) is 0 Å². The number of aromatic nitrogens is 2. The highest BCUT2D eigenvalue weighted by atomic mass is 79.9. The maximum absolute atomic E-state index is 4.34. The highest BCUT2D eigenvalue weighted by molar-refractivity contribution is 9.10. The lowest BCUT2D eigenvalue weighted by Crippen LogP contribution is -2.29. The van der Waals surface area contributed by atoms with Crippen molar-refractivity contribution in [3.63, 3.8) is 0 Å². The van der Waals surface area contributed by atoms with Gasteiger partial charge in [-0.1, -0.05) is 13.8 Å². The van der Waals surface area contributed by atoms with Gasteiger partial charge in [0, 0.05) is 19.6 Å². The fourth-order valence-electron chi connectivity index (χ4n) is 1.46. The van der Waals surface area contributed by atoms with Gasteiger partial charge in [-0.2, -0.15) is 0 Å². The van der Waals surface area contributed by atoms with Gasteiger partial charge in [-0.25, -0.2) is 9.97 Å². The first kappa shape index (κ1) is 14.2. The number of rotatable bonds is 6. The summed E-state index contributed by atoms with van der Waals surface area (Å²) in [5.41, 5.74) is 0. The zero-order valence-electron chi connectivity index (χ0n) is 11.0. The summed E-state index contributed by atoms with van der Waals surface area (Å²) >= 11 is 3.58. The van der Waals surface area contributed by atoms with Gasteiger partial charge in [-0.15, -0.1) is 0 Å². The molecule has 0 amide bonds. The summed E-state index contributed by atoms with van der Waals surface area (Å²) in [6, 6.07) is 0.459. The Bertz CT molecular complexity index is 356. The van der Waals surface area contributed by atoms with Gasteiger partial charge < -0.3 is 10.2 Å². The highest BCUT2D eigenvalue weighted by Crippen LogP contribution is 2.30. The number of anilines is 2. The monoisotopic (exact) mass is 300 g/mol. The molecule has 0 aliphatic rings. The van der Waals surface area contributed by atoms with E-state index in [1.807, 2.05) is 0 Å². The minimum Gasteiger partial charge on any atom is -0.369 e. The molecule has 0 radical (unpaired) electrons. The van der Waals surface area contributed by atoms with Crippen molar-refractivity contribution in [3.8, 4) is 0 Å². The molecule has 1 N–H and O–H groups in total. The van der Waals surface area contributed by atoms with E-state index in [1.165, 1.54) is 0 Å². The maximum Gasteiger partial charge on any atom is 0.148 e. The number of halogens is 1. The lowest BCUT2D eigenvalue weighted by Gasteiger charge is -2.26. The van der Waals surface area contributed by atoms with E-state index in [1.54, 1.807) is 6.33 Å². The summed E-state index contributed by atoms with van der Waals surface area (Å²) in [7, 11) is 2.06. The van der Waals surface area contributed by atoms with Crippen molar-refractivity contribution in [2.75, 3.05) is 23.8 Å². The number of hydrogen-bond acceptors (Lipinski definition) is 4. The van der Waals surface area contributed by atoms with Gasteiger partial charge in [0.2, 0.25) is 0 Å². The first-order valence-electron chi connectivity index (χ1n) is 6.08. The molecule has 0 aliphatic heterocycles. The van der Waals surface area contributed by atoms with Gasteiger partial charge in [0.25, 0.3) is 0 Å². The van der Waals surface area contributed by atoms with Crippen LogP contribution in [-0.4, -0.2) is 29.6 Å². The van der Waals surface area contributed by atoms with Crippen molar-refractivity contribution < 1.29 is 0 Å². The van der Waals surface area contributed by atoms with Crippen LogP contribution in [0.25, 0.3) is 0 Å². The van der Waals surface area contributed by atoms with Crippen LogP contribution in [0.4, 0.5) is 11.6 Å². The second-order valence-electron chi connectivity index (χ2n) is 4.15. The second-order valence-corrected chi connectivity index (χ2v) is 4.95. The predicted molar refractivity (Wildman–Crippen MR) is 76.7 cm³/mol. The first-order chi connectivity index (χ1) is 8.11. The smallest absolute Gasteiger partial charge is 0.148 e. The average Bonchev–Trinajstić information content (AvgIpc) is 2.35. The highest BCUT2D eigenvalue weighted by Gasteiger charge is 2.15. The molecule has 0 saturated carbocycles. The molecule has 0 spiro atoms. The third-order valence-electron chi connectivity index (χ3n) is 2.90. The number of nitrogens with zero attached hydrogens (tertiary/aromatic N) is 3. The third kappa shape index (κ3) is 3.56. The summed E-state index contributed by atoms with van der Waals surface area (Å²) in [5.74, 6) is 1.81. The van der Waals surface area contributed by atoms with E-state index in [9.17, 15) is 0 Å². The molecule has 1 unspecified atom stereocenters. The zero-order valence-corrected chi connectivity index (χ0v) is 12.6. The molecule has 0 fully saturated rings. The van der Waals surface area contributed by atoms with E-state index < -0.39 is 0 Å². The standard InChI is InChI=1S/C12H21BrN4/c1-5-7-14-11-10(13)12(16-8-15-11)17(4)9(3)6-2/h8-9H,5-7H2,1-4H3,(H,14,15,16). The van der Waals surface area contributed by atoms with Crippen LogP contribution in [0.3, 0.4) is 0 Å². The largest absolute Gasteiger partial charge is 0.369 e. The Balaban J connectivity index is 2.93. The second kappa shape index (κ2) is 6.79. The Kier molecular flexibility index (Phi) is 5.68. The molecule has 5 heteroatoms. The van der Waals surface area contributed by atoms with E-state index in [4.69, 9.17) is 0 Å². The molecule has 0 aliphatic carbocycles. The minimum atomic E-state index is 0.459. The SMILES string of the molecule is CCCNc1ncnc(N(C)C(C)CC)c1Br. The Hall–Kier alpha value is -0.840. The molecule has 1 aromatic heterocycles. The van der Waals surface area contributed by atoms with Gasteiger partial charge in [0.05, 0.1) is 0 Å². The Morgan fingerprint density at radius 1 is 1.41 bits per heavy atom. The number of nitrogens with one attached hydrogen (secondary N) is 1. The van der Waals surface area contributed by atoms with Crippen molar-refractivity contribution in [3.05, 3.63) is 10.8 Å². The minimum absolute atomic E-state index is 0.459. The van der Waals surface area contributed by atoms with Crippen LogP contribution in [0.1, 0.15) is 33.6 Å². The van der Waals surface area contributed by atoms with Crippen molar-refractivity contribution in [2.45, 2.75) is 39.7 Å². The van der Waals surface area contributed by atoms with Crippen molar-refractivity contribution in [2.24, 2.45) is 0 Å². The fourth-order valence-corrected chi connectivity index (χ4v) is 2.08. The van der Waals surface area contributed by atoms with Gasteiger partial charge in [0.1, 0.15) is 22.4 Å². The molecule has 4 nitrogen and oxygen atoms in total. The lowest BCUT2D eigenvalue weighted by atomic mass is 10.2. The zero-order chi connectivity index (χ0) is 12.8. The van der Waals surface area contributed by atoms with Crippen LogP contribution < -0.4 is 10.2 Å². The fraction of sp³-hybridized carbons (Fsp3) is 0.667. The normalized spacial score (nSPS) is 12.3. The molecule has 1 atom stereocenters. The van der Waals surface area contributed by atoms with Gasteiger partial charge in [-0.05, 0) is 35.7 Å². The van der Waals surface area contributed by atoms with Crippen molar-refractivity contribution in [1.29, 1.82) is 0 Å². The molecule has 0 aromatic carbocycles. The molecule has 0 bridgehead atoms. The topological polar surface area (TPSA) is 41.1 Å². The lowest BCUT2D eigenvalue weighted by molar-refractivity contribution is 0.655. The predicted octanol–water partition coefficient (Wildman–Crippen LogP) is 3.30. The average molecular weight is 301 g/mol. The van der Waals surface area contributed by atoms with Gasteiger partial charge >= 0.3 is 0 Å². The Morgan fingerprint density at radius 3 is 2.71 bits per heavy atom. The molecule has 1 aromatic rings. The van der Waals surface area contributed by atoms with E-state index in [2.05, 4.69) is 63.9 Å². The van der Waals surface area contributed by atoms with Crippen LogP contribution in [-0.2, 0) is 0 Å². The quantitative estimate of drug-likeness (QED) is 0.875. The van der Waals surface area contributed by atoms with Crippen LogP contribution >= 0.6 is 15.9 Å². The van der Waals surface area contributed by atoms with Crippen molar-refractivity contribution >= 4 is 27.6 Å². The van der Waals surface area contributed by atoms with Crippen molar-refractivity contribution in [1.82, 2.24) is 9.97 Å². The summed E-state index contributed by atoms with van der Waals surface area (Å²) in [5, 5.41) is 3.29. The molecule has 17 heavy (non-hydrogen) atoms. The molecule has 0 saturated heterocycles. The summed E-state index contributed by atoms with van der Waals surface area (Å²) in [4.78, 5) is 10.8. The van der Waals surface area contributed by atoms with E-state index in [-0.39, 0.29) is 0 Å². The van der Waals surface area contributed by atoms with E-state index >= 15 is 0 Å². The number of hydrogen-bond donors (Lipinski definition) is 1. The summed E-state index contributed by atoms with van der Waals surface area (Å²) in [6.07, 6.45) is 3.77. The maximum atomic E-state index is 4.34. The summed E-state index contributed by atoms with van der Waals surface area (Å²) < 4.78 is 0.941. The molecule has 1 heterocycles. The van der Waals surface area contributed by atoms with Gasteiger partial charge in [-0.3, -0.25) is 0 Å². The summed E-state index contributed by atoms with van der Waals surface area (Å²) in [6.45, 7) is 7.41. The van der Waals surface area contributed by atoms with E-state index in [0.29, 0.717) is 6.04 Å². The Labute approximate surface area is 112 Å². The Morgan fingerprint density at radius 2 is 2.12 bits per heavy atom. The van der Waals surface area contributed by atoms with Crippen LogP contribution in [0.5, 0.6) is 0 Å². The molecule has 1 rings (SSSR count). The van der Waals surface area contributed by atoms with Gasteiger partial charge in [0.15, 0.2) is 0 Å². The third-order valence-corrected chi connectivity index (χ3v) is 3.63. The molecule has 96 valence electrons. The van der Waals surface area contributed by atoms with Crippen LogP contribution in [0.15, 0.2) is 10.8 Å². The molecular weight excluding hydrogens is 280 g/mol. The first-order valence-corrected chi connectivity index (χ1v) is 6.88. The van der Waals surface area contributed by atoms with Crippen LogP contribution in [0.2, 0.25) is 0 Å².